The number of rotatable bonds is 9. The molecular weight excluding hydrogens is 384 g/mol. The fourth-order valence-corrected chi connectivity index (χ4v) is 3.67. The summed E-state index contributed by atoms with van der Waals surface area (Å²) in [5.41, 5.74) is 2.45. The van der Waals surface area contributed by atoms with Crippen molar-refractivity contribution in [1.29, 1.82) is 0 Å². The van der Waals surface area contributed by atoms with E-state index in [9.17, 15) is 14.7 Å². The van der Waals surface area contributed by atoms with E-state index in [4.69, 9.17) is 4.52 Å². The third-order valence-corrected chi connectivity index (χ3v) is 5.31. The van der Waals surface area contributed by atoms with E-state index in [1.54, 1.807) is 18.2 Å². The minimum absolute atomic E-state index is 0.101. The molecule has 0 saturated heterocycles. The summed E-state index contributed by atoms with van der Waals surface area (Å²) >= 11 is 0. The largest absolute Gasteiger partial charge is 0.394 e. The molecule has 1 aliphatic carbocycles. The Hall–Kier alpha value is -2.71. The van der Waals surface area contributed by atoms with Gasteiger partial charge < -0.3 is 25.2 Å². The van der Waals surface area contributed by atoms with Crippen LogP contribution in [-0.4, -0.2) is 60.3 Å². The van der Waals surface area contributed by atoms with Crippen molar-refractivity contribution < 1.29 is 19.2 Å². The van der Waals surface area contributed by atoms with Gasteiger partial charge in [0.2, 0.25) is 5.76 Å². The molecule has 0 bridgehead atoms. The van der Waals surface area contributed by atoms with Gasteiger partial charge in [-0.15, -0.1) is 0 Å². The zero-order valence-corrected chi connectivity index (χ0v) is 17.6. The first-order valence-electron chi connectivity index (χ1n) is 10.4. The highest BCUT2D eigenvalue weighted by Gasteiger charge is 2.24. The van der Waals surface area contributed by atoms with E-state index in [1.807, 2.05) is 26.2 Å². The summed E-state index contributed by atoms with van der Waals surface area (Å²) in [6.07, 6.45) is 4.47. The minimum atomic E-state index is -0.630. The number of amides is 2. The molecule has 0 aliphatic heterocycles. The van der Waals surface area contributed by atoms with Crippen molar-refractivity contribution in [3.8, 4) is 0 Å². The summed E-state index contributed by atoms with van der Waals surface area (Å²) in [7, 11) is 3.97. The molecule has 3 rings (SSSR count). The third kappa shape index (κ3) is 5.90. The average molecular weight is 415 g/mol. The molecule has 162 valence electrons. The number of hydrogen-bond donors (Lipinski definition) is 3. The number of carbonyl (C=O) groups excluding carboxylic acids is 2. The molecule has 8 heteroatoms. The van der Waals surface area contributed by atoms with Crippen LogP contribution in [0.4, 0.5) is 0 Å². The van der Waals surface area contributed by atoms with Crippen LogP contribution >= 0.6 is 0 Å². The lowest BCUT2D eigenvalue weighted by molar-refractivity contribution is 0.0860. The van der Waals surface area contributed by atoms with Crippen molar-refractivity contribution in [3.05, 3.63) is 52.9 Å². The molecule has 0 spiro atoms. The normalized spacial score (nSPS) is 15.3. The smallest absolute Gasteiger partial charge is 0.290 e. The molecule has 2 aromatic rings. The number of aromatic nitrogens is 1. The Morgan fingerprint density at radius 3 is 2.53 bits per heavy atom. The number of benzene rings is 1. The van der Waals surface area contributed by atoms with E-state index >= 15 is 0 Å². The Bertz CT molecular complexity index is 841. The Labute approximate surface area is 176 Å². The number of nitrogens with one attached hydrogen (secondary N) is 2. The predicted molar refractivity (Wildman–Crippen MR) is 112 cm³/mol. The molecule has 0 radical (unpaired) electrons. The number of aliphatic hydroxyl groups excluding tert-OH is 1. The van der Waals surface area contributed by atoms with Crippen molar-refractivity contribution in [2.24, 2.45) is 0 Å². The fraction of sp³-hybridized carbons (Fsp3) is 0.500. The van der Waals surface area contributed by atoms with E-state index in [-0.39, 0.29) is 24.8 Å². The number of carbonyl (C=O) groups is 2. The lowest BCUT2D eigenvalue weighted by atomic mass is 10.0. The van der Waals surface area contributed by atoms with Crippen molar-refractivity contribution in [2.45, 2.75) is 44.2 Å². The van der Waals surface area contributed by atoms with Gasteiger partial charge in [-0.25, -0.2) is 0 Å². The van der Waals surface area contributed by atoms with Crippen LogP contribution in [0.25, 0.3) is 0 Å². The van der Waals surface area contributed by atoms with Crippen molar-refractivity contribution in [1.82, 2.24) is 20.7 Å². The van der Waals surface area contributed by atoms with Gasteiger partial charge in [0.1, 0.15) is 0 Å². The van der Waals surface area contributed by atoms with E-state index in [0.717, 1.165) is 30.6 Å². The molecular formula is C22H30N4O4. The molecule has 1 atom stereocenters. The summed E-state index contributed by atoms with van der Waals surface area (Å²) in [5, 5.41) is 19.0. The van der Waals surface area contributed by atoms with Crippen molar-refractivity contribution >= 4 is 11.8 Å². The maximum Gasteiger partial charge on any atom is 0.290 e. The minimum Gasteiger partial charge on any atom is -0.394 e. The summed E-state index contributed by atoms with van der Waals surface area (Å²) in [6, 6.07) is 8.39. The molecule has 1 aromatic heterocycles. The molecule has 1 fully saturated rings. The lowest BCUT2D eigenvalue weighted by Gasteiger charge is -2.16. The maximum absolute atomic E-state index is 12.4. The first-order chi connectivity index (χ1) is 14.5. The lowest BCUT2D eigenvalue weighted by Crippen LogP contribution is -2.45. The van der Waals surface area contributed by atoms with E-state index < -0.39 is 11.9 Å². The van der Waals surface area contributed by atoms with Gasteiger partial charge in [-0.05, 0) is 44.6 Å². The molecule has 3 N–H and O–H groups in total. The highest BCUT2D eigenvalue weighted by atomic mass is 16.5. The Balaban J connectivity index is 1.50. The molecule has 8 nitrogen and oxygen atoms in total. The summed E-state index contributed by atoms with van der Waals surface area (Å²) in [6.45, 7) is 0.589. The SMILES string of the molecule is CN(C)Cc1ccc(C(=O)NCC(CO)NC(=O)c2cc(C3CCCC3)no2)cc1. The summed E-state index contributed by atoms with van der Waals surface area (Å²) in [4.78, 5) is 26.8. The van der Waals surface area contributed by atoms with Gasteiger partial charge in [-0.1, -0.05) is 30.1 Å². The molecule has 1 unspecified atom stereocenters. The first kappa shape index (κ1) is 22.0. The van der Waals surface area contributed by atoms with Crippen LogP contribution in [0.2, 0.25) is 0 Å². The highest BCUT2D eigenvalue weighted by Crippen LogP contribution is 2.33. The Morgan fingerprint density at radius 2 is 1.90 bits per heavy atom. The Morgan fingerprint density at radius 1 is 1.20 bits per heavy atom. The standard InChI is InChI=1S/C22H30N4O4/c1-26(2)13-15-7-9-17(10-8-15)21(28)23-12-18(14-27)24-22(29)20-11-19(25-30-20)16-5-3-4-6-16/h7-11,16,18,27H,3-6,12-14H2,1-2H3,(H,23,28)(H,24,29). The third-order valence-electron chi connectivity index (χ3n) is 5.31. The van der Waals surface area contributed by atoms with Crippen LogP contribution in [0.1, 0.15) is 63.8 Å². The quantitative estimate of drug-likeness (QED) is 0.579. The van der Waals surface area contributed by atoms with Gasteiger partial charge >= 0.3 is 0 Å². The molecule has 30 heavy (non-hydrogen) atoms. The molecule has 1 heterocycles. The zero-order chi connectivity index (χ0) is 21.5. The van der Waals surface area contributed by atoms with Gasteiger partial charge in [0.05, 0.1) is 18.3 Å². The second kappa shape index (κ2) is 10.4. The molecule has 1 aliphatic rings. The molecule has 1 aromatic carbocycles. The highest BCUT2D eigenvalue weighted by molar-refractivity contribution is 5.94. The van der Waals surface area contributed by atoms with Gasteiger partial charge in [0, 0.05) is 30.6 Å². The zero-order valence-electron chi connectivity index (χ0n) is 17.6. The average Bonchev–Trinajstić information content (AvgIpc) is 3.42. The fourth-order valence-electron chi connectivity index (χ4n) is 3.67. The van der Waals surface area contributed by atoms with Crippen molar-refractivity contribution in [2.75, 3.05) is 27.2 Å². The topological polar surface area (TPSA) is 108 Å². The van der Waals surface area contributed by atoms with Gasteiger partial charge in [0.15, 0.2) is 0 Å². The van der Waals surface area contributed by atoms with Crippen molar-refractivity contribution in [3.63, 3.8) is 0 Å². The van der Waals surface area contributed by atoms with Crippen LogP contribution in [0, 0.1) is 0 Å². The van der Waals surface area contributed by atoms with Crippen LogP contribution < -0.4 is 10.6 Å². The van der Waals surface area contributed by atoms with Crippen LogP contribution in [0.15, 0.2) is 34.9 Å². The second-order valence-electron chi connectivity index (χ2n) is 8.10. The summed E-state index contributed by atoms with van der Waals surface area (Å²) in [5.74, 6) is -0.235. The van der Waals surface area contributed by atoms with E-state index in [2.05, 4.69) is 20.7 Å². The second-order valence-corrected chi connectivity index (χ2v) is 8.10. The van der Waals surface area contributed by atoms with Gasteiger partial charge in [0.25, 0.3) is 11.8 Å². The van der Waals surface area contributed by atoms with Crippen LogP contribution in [0.3, 0.4) is 0 Å². The maximum atomic E-state index is 12.4. The number of hydrogen-bond acceptors (Lipinski definition) is 6. The van der Waals surface area contributed by atoms with E-state index in [0.29, 0.717) is 11.5 Å². The van der Waals surface area contributed by atoms with Crippen LogP contribution in [0.5, 0.6) is 0 Å². The first-order valence-corrected chi connectivity index (χ1v) is 10.4. The van der Waals surface area contributed by atoms with Crippen LogP contribution in [-0.2, 0) is 6.54 Å². The predicted octanol–water partition coefficient (Wildman–Crippen LogP) is 1.91. The van der Waals surface area contributed by atoms with Gasteiger partial charge in [-0.3, -0.25) is 9.59 Å². The number of nitrogens with zero attached hydrogens (tertiary/aromatic N) is 2. The van der Waals surface area contributed by atoms with Gasteiger partial charge in [-0.2, -0.15) is 0 Å². The number of aliphatic hydroxyl groups is 1. The van der Waals surface area contributed by atoms with E-state index in [1.165, 1.54) is 12.8 Å². The molecule has 2 amide bonds. The summed E-state index contributed by atoms with van der Waals surface area (Å²) < 4.78 is 5.18. The molecule has 1 saturated carbocycles. The monoisotopic (exact) mass is 414 g/mol. The Kier molecular flexibility index (Phi) is 7.59.